The fourth-order valence-electron chi connectivity index (χ4n) is 3.55. The SMILES string of the molecule is O=C(CN(C1CCCCC1)S(=O)(=O)c1ccccc1)N1CCOCC1. The predicted molar refractivity (Wildman–Crippen MR) is 94.6 cm³/mol. The van der Waals surface area contributed by atoms with Crippen molar-refractivity contribution in [1.29, 1.82) is 0 Å². The van der Waals surface area contributed by atoms with E-state index in [1.807, 2.05) is 0 Å². The molecule has 0 unspecified atom stereocenters. The average Bonchev–Trinajstić information content (AvgIpc) is 2.68. The van der Waals surface area contributed by atoms with E-state index in [1.165, 1.54) is 4.31 Å². The van der Waals surface area contributed by atoms with E-state index in [2.05, 4.69) is 0 Å². The van der Waals surface area contributed by atoms with Gasteiger partial charge in [0, 0.05) is 19.1 Å². The van der Waals surface area contributed by atoms with Crippen molar-refractivity contribution in [2.45, 2.75) is 43.0 Å². The van der Waals surface area contributed by atoms with Gasteiger partial charge in [0.1, 0.15) is 0 Å². The number of amides is 1. The van der Waals surface area contributed by atoms with Crippen LogP contribution in [0.3, 0.4) is 0 Å². The molecule has 0 atom stereocenters. The molecule has 1 saturated carbocycles. The maximum atomic E-state index is 13.2. The van der Waals surface area contributed by atoms with Crippen LogP contribution in [-0.4, -0.2) is 62.4 Å². The van der Waals surface area contributed by atoms with Crippen molar-refractivity contribution in [2.24, 2.45) is 0 Å². The third-order valence-corrected chi connectivity index (χ3v) is 6.90. The van der Waals surface area contributed by atoms with E-state index in [0.717, 1.165) is 32.1 Å². The summed E-state index contributed by atoms with van der Waals surface area (Å²) >= 11 is 0. The first kappa shape index (κ1) is 18.4. The van der Waals surface area contributed by atoms with Crippen molar-refractivity contribution in [1.82, 2.24) is 9.21 Å². The largest absolute Gasteiger partial charge is 0.378 e. The Kier molecular flexibility index (Phi) is 6.09. The zero-order chi connectivity index (χ0) is 17.7. The number of benzene rings is 1. The molecule has 0 radical (unpaired) electrons. The molecule has 1 aromatic rings. The van der Waals surface area contributed by atoms with Gasteiger partial charge in [-0.05, 0) is 25.0 Å². The van der Waals surface area contributed by atoms with E-state index in [9.17, 15) is 13.2 Å². The van der Waals surface area contributed by atoms with Crippen LogP contribution in [0.4, 0.5) is 0 Å². The molecular formula is C18H26N2O4S. The Balaban J connectivity index is 1.83. The van der Waals surface area contributed by atoms with E-state index in [0.29, 0.717) is 26.3 Å². The minimum atomic E-state index is -3.68. The Bertz CT molecular complexity index is 666. The van der Waals surface area contributed by atoms with Crippen LogP contribution < -0.4 is 0 Å². The highest BCUT2D eigenvalue weighted by atomic mass is 32.2. The second-order valence-corrected chi connectivity index (χ2v) is 8.54. The number of hydrogen-bond donors (Lipinski definition) is 0. The molecule has 25 heavy (non-hydrogen) atoms. The quantitative estimate of drug-likeness (QED) is 0.798. The van der Waals surface area contributed by atoms with Crippen molar-refractivity contribution in [3.63, 3.8) is 0 Å². The van der Waals surface area contributed by atoms with E-state index < -0.39 is 10.0 Å². The van der Waals surface area contributed by atoms with Crippen LogP contribution in [-0.2, 0) is 19.6 Å². The van der Waals surface area contributed by atoms with Gasteiger partial charge in [-0.25, -0.2) is 8.42 Å². The topological polar surface area (TPSA) is 66.9 Å². The molecule has 0 N–H and O–H groups in total. The number of carbonyl (C=O) groups is 1. The van der Waals surface area contributed by atoms with Gasteiger partial charge in [0.05, 0.1) is 24.7 Å². The summed E-state index contributed by atoms with van der Waals surface area (Å²) < 4.78 is 33.1. The fourth-order valence-corrected chi connectivity index (χ4v) is 5.21. The average molecular weight is 366 g/mol. The van der Waals surface area contributed by atoms with Gasteiger partial charge in [0.25, 0.3) is 0 Å². The molecular weight excluding hydrogens is 340 g/mol. The Morgan fingerprint density at radius 2 is 1.72 bits per heavy atom. The number of morpholine rings is 1. The molecule has 1 heterocycles. The highest BCUT2D eigenvalue weighted by molar-refractivity contribution is 7.89. The third-order valence-electron chi connectivity index (χ3n) is 4.99. The summed E-state index contributed by atoms with van der Waals surface area (Å²) in [6.45, 7) is 2.01. The van der Waals surface area contributed by atoms with Crippen LogP contribution in [0, 0.1) is 0 Å². The van der Waals surface area contributed by atoms with Crippen LogP contribution in [0.15, 0.2) is 35.2 Å². The molecule has 1 aliphatic carbocycles. The molecule has 0 bridgehead atoms. The van der Waals surface area contributed by atoms with Crippen molar-refractivity contribution in [3.8, 4) is 0 Å². The van der Waals surface area contributed by atoms with Crippen molar-refractivity contribution >= 4 is 15.9 Å². The minimum Gasteiger partial charge on any atom is -0.378 e. The van der Waals surface area contributed by atoms with Gasteiger partial charge in [-0.2, -0.15) is 4.31 Å². The lowest BCUT2D eigenvalue weighted by molar-refractivity contribution is -0.135. The zero-order valence-corrected chi connectivity index (χ0v) is 15.3. The molecule has 7 heteroatoms. The highest BCUT2D eigenvalue weighted by Crippen LogP contribution is 2.28. The predicted octanol–water partition coefficient (Wildman–Crippen LogP) is 1.87. The lowest BCUT2D eigenvalue weighted by Gasteiger charge is -2.35. The van der Waals surface area contributed by atoms with Gasteiger partial charge in [-0.3, -0.25) is 4.79 Å². The van der Waals surface area contributed by atoms with Gasteiger partial charge in [-0.15, -0.1) is 0 Å². The van der Waals surface area contributed by atoms with E-state index in [-0.39, 0.29) is 23.4 Å². The summed E-state index contributed by atoms with van der Waals surface area (Å²) in [5.41, 5.74) is 0. The molecule has 3 rings (SSSR count). The number of rotatable bonds is 5. The Morgan fingerprint density at radius 3 is 2.36 bits per heavy atom. The minimum absolute atomic E-state index is 0.0815. The number of ether oxygens (including phenoxy) is 1. The maximum absolute atomic E-state index is 13.2. The molecule has 6 nitrogen and oxygen atoms in total. The summed E-state index contributed by atoms with van der Waals surface area (Å²) in [6.07, 6.45) is 4.80. The van der Waals surface area contributed by atoms with Crippen molar-refractivity contribution in [2.75, 3.05) is 32.8 Å². The van der Waals surface area contributed by atoms with E-state index in [4.69, 9.17) is 4.74 Å². The van der Waals surface area contributed by atoms with Crippen LogP contribution in [0.25, 0.3) is 0 Å². The van der Waals surface area contributed by atoms with Gasteiger partial charge in [0.2, 0.25) is 15.9 Å². The van der Waals surface area contributed by atoms with Gasteiger partial charge < -0.3 is 9.64 Å². The van der Waals surface area contributed by atoms with Crippen LogP contribution in [0.2, 0.25) is 0 Å². The van der Waals surface area contributed by atoms with Crippen LogP contribution in [0.5, 0.6) is 0 Å². The molecule has 0 aromatic heterocycles. The zero-order valence-electron chi connectivity index (χ0n) is 14.5. The summed E-state index contributed by atoms with van der Waals surface area (Å²) in [6, 6.07) is 8.34. The lowest BCUT2D eigenvalue weighted by atomic mass is 9.95. The summed E-state index contributed by atoms with van der Waals surface area (Å²) in [5, 5.41) is 0. The van der Waals surface area contributed by atoms with Crippen molar-refractivity contribution < 1.29 is 17.9 Å². The first-order chi connectivity index (χ1) is 12.1. The second-order valence-electron chi connectivity index (χ2n) is 6.65. The number of hydrogen-bond acceptors (Lipinski definition) is 4. The lowest BCUT2D eigenvalue weighted by Crippen LogP contribution is -2.50. The summed E-state index contributed by atoms with van der Waals surface area (Å²) in [5.74, 6) is -0.131. The third kappa shape index (κ3) is 4.40. The summed E-state index contributed by atoms with van der Waals surface area (Å²) in [7, 11) is -3.68. The molecule has 1 saturated heterocycles. The molecule has 1 amide bonds. The molecule has 1 aromatic carbocycles. The van der Waals surface area contributed by atoms with Crippen molar-refractivity contribution in [3.05, 3.63) is 30.3 Å². The Labute approximate surface area is 149 Å². The molecule has 2 aliphatic rings. The Morgan fingerprint density at radius 1 is 1.08 bits per heavy atom. The number of carbonyl (C=O) groups excluding carboxylic acids is 1. The van der Waals surface area contributed by atoms with Gasteiger partial charge in [0.15, 0.2) is 0 Å². The molecule has 138 valence electrons. The van der Waals surface area contributed by atoms with Gasteiger partial charge >= 0.3 is 0 Å². The number of nitrogens with zero attached hydrogens (tertiary/aromatic N) is 2. The van der Waals surface area contributed by atoms with E-state index >= 15 is 0 Å². The molecule has 2 fully saturated rings. The summed E-state index contributed by atoms with van der Waals surface area (Å²) in [4.78, 5) is 14.7. The standard InChI is InChI=1S/C18H26N2O4S/c21-18(19-11-13-24-14-12-19)15-20(16-7-3-1-4-8-16)25(22,23)17-9-5-2-6-10-17/h2,5-6,9-10,16H,1,3-4,7-8,11-15H2. The first-order valence-electron chi connectivity index (χ1n) is 9.01. The second kappa shape index (κ2) is 8.29. The highest BCUT2D eigenvalue weighted by Gasteiger charge is 2.35. The Hall–Kier alpha value is -1.44. The van der Waals surface area contributed by atoms with Gasteiger partial charge in [-0.1, -0.05) is 37.5 Å². The normalized spacial score (nSPS) is 20.0. The monoisotopic (exact) mass is 366 g/mol. The molecule has 0 spiro atoms. The fraction of sp³-hybridized carbons (Fsp3) is 0.611. The van der Waals surface area contributed by atoms with Crippen LogP contribution >= 0.6 is 0 Å². The first-order valence-corrected chi connectivity index (χ1v) is 10.5. The van der Waals surface area contributed by atoms with E-state index in [1.54, 1.807) is 35.2 Å². The molecule has 1 aliphatic heterocycles. The smallest absolute Gasteiger partial charge is 0.243 e. The number of sulfonamides is 1. The maximum Gasteiger partial charge on any atom is 0.243 e. The van der Waals surface area contributed by atoms with Crippen LogP contribution in [0.1, 0.15) is 32.1 Å².